The van der Waals surface area contributed by atoms with Crippen molar-refractivity contribution in [3.05, 3.63) is 24.0 Å². The molecule has 14 heavy (non-hydrogen) atoms. The molecule has 0 bridgehead atoms. The zero-order valence-corrected chi connectivity index (χ0v) is 9.16. The summed E-state index contributed by atoms with van der Waals surface area (Å²) in [6.07, 6.45) is 4.92. The first-order valence-corrected chi connectivity index (χ1v) is 5.63. The van der Waals surface area contributed by atoms with Crippen LogP contribution >= 0.6 is 0 Å². The van der Waals surface area contributed by atoms with Crippen LogP contribution in [0.15, 0.2) is 18.3 Å². The largest absolute Gasteiger partial charge is 0.350 e. The Kier molecular flexibility index (Phi) is 2.92. The fourth-order valence-corrected chi connectivity index (χ4v) is 1.72. The average Bonchev–Trinajstić information content (AvgIpc) is 2.85. The van der Waals surface area contributed by atoms with Crippen molar-refractivity contribution in [3.63, 3.8) is 0 Å². The smallest absolute Gasteiger partial charge is 0.0361 e. The standard InChI is InChI=1S/C12H20N2/c1-10(2)9-14-7-3-4-12(14)8-13-11-5-6-11/h3-4,7,10-11,13H,5-6,8-9H2,1-2H3. The molecule has 0 radical (unpaired) electrons. The Morgan fingerprint density at radius 1 is 1.50 bits per heavy atom. The second-order valence-corrected chi connectivity index (χ2v) is 4.70. The predicted molar refractivity (Wildman–Crippen MR) is 59.1 cm³/mol. The lowest BCUT2D eigenvalue weighted by molar-refractivity contribution is 0.501. The van der Waals surface area contributed by atoms with Gasteiger partial charge < -0.3 is 9.88 Å². The molecule has 0 saturated heterocycles. The first-order chi connectivity index (χ1) is 6.75. The second-order valence-electron chi connectivity index (χ2n) is 4.70. The Morgan fingerprint density at radius 2 is 2.29 bits per heavy atom. The first kappa shape index (κ1) is 9.78. The molecule has 0 aliphatic heterocycles. The Balaban J connectivity index is 1.90. The molecule has 1 N–H and O–H groups in total. The molecule has 0 unspecified atom stereocenters. The number of nitrogens with zero attached hydrogens (tertiary/aromatic N) is 1. The Hall–Kier alpha value is -0.760. The lowest BCUT2D eigenvalue weighted by Crippen LogP contribution is -2.18. The zero-order valence-electron chi connectivity index (χ0n) is 9.16. The quantitative estimate of drug-likeness (QED) is 0.758. The molecule has 2 nitrogen and oxygen atoms in total. The highest BCUT2D eigenvalue weighted by Crippen LogP contribution is 2.19. The van der Waals surface area contributed by atoms with Crippen LogP contribution in [0.5, 0.6) is 0 Å². The molecule has 0 amide bonds. The van der Waals surface area contributed by atoms with E-state index in [1.165, 1.54) is 18.5 Å². The van der Waals surface area contributed by atoms with Crippen molar-refractivity contribution in [2.45, 2.75) is 45.8 Å². The van der Waals surface area contributed by atoms with Gasteiger partial charge in [-0.05, 0) is 30.9 Å². The molecule has 2 rings (SSSR count). The molecule has 78 valence electrons. The summed E-state index contributed by atoms with van der Waals surface area (Å²) < 4.78 is 2.36. The number of rotatable bonds is 5. The summed E-state index contributed by atoms with van der Waals surface area (Å²) in [5, 5.41) is 3.55. The van der Waals surface area contributed by atoms with Crippen molar-refractivity contribution in [1.29, 1.82) is 0 Å². The second kappa shape index (κ2) is 4.18. The van der Waals surface area contributed by atoms with Crippen LogP contribution in [0.4, 0.5) is 0 Å². The van der Waals surface area contributed by atoms with Gasteiger partial charge in [-0.3, -0.25) is 0 Å². The molecular formula is C12H20N2. The number of hydrogen-bond donors (Lipinski definition) is 1. The fraction of sp³-hybridized carbons (Fsp3) is 0.667. The highest BCUT2D eigenvalue weighted by Gasteiger charge is 2.20. The summed E-state index contributed by atoms with van der Waals surface area (Å²) in [5.41, 5.74) is 1.42. The van der Waals surface area contributed by atoms with Gasteiger partial charge in [0.1, 0.15) is 0 Å². The monoisotopic (exact) mass is 192 g/mol. The number of hydrogen-bond acceptors (Lipinski definition) is 1. The van der Waals surface area contributed by atoms with E-state index in [-0.39, 0.29) is 0 Å². The zero-order chi connectivity index (χ0) is 9.97. The normalized spacial score (nSPS) is 16.5. The van der Waals surface area contributed by atoms with Crippen LogP contribution in [-0.4, -0.2) is 10.6 Å². The van der Waals surface area contributed by atoms with Gasteiger partial charge in [-0.1, -0.05) is 13.8 Å². The summed E-state index contributed by atoms with van der Waals surface area (Å²) in [6.45, 7) is 6.69. The van der Waals surface area contributed by atoms with Gasteiger partial charge in [-0.15, -0.1) is 0 Å². The third kappa shape index (κ3) is 2.61. The van der Waals surface area contributed by atoms with Gasteiger partial charge in [0.2, 0.25) is 0 Å². The molecule has 1 saturated carbocycles. The Morgan fingerprint density at radius 3 is 2.93 bits per heavy atom. The van der Waals surface area contributed by atoms with Crippen LogP contribution in [0.25, 0.3) is 0 Å². The van der Waals surface area contributed by atoms with E-state index in [1.54, 1.807) is 0 Å². The minimum Gasteiger partial charge on any atom is -0.350 e. The van der Waals surface area contributed by atoms with E-state index in [2.05, 4.69) is 42.1 Å². The molecule has 0 spiro atoms. The molecule has 1 aliphatic carbocycles. The van der Waals surface area contributed by atoms with Gasteiger partial charge in [0, 0.05) is 31.0 Å². The molecular weight excluding hydrogens is 172 g/mol. The lowest BCUT2D eigenvalue weighted by atomic mass is 10.2. The van der Waals surface area contributed by atoms with Crippen LogP contribution in [0.3, 0.4) is 0 Å². The van der Waals surface area contributed by atoms with Gasteiger partial charge in [0.25, 0.3) is 0 Å². The molecule has 2 heteroatoms. The van der Waals surface area contributed by atoms with Crippen LogP contribution in [0.1, 0.15) is 32.4 Å². The minimum absolute atomic E-state index is 0.724. The highest BCUT2D eigenvalue weighted by atomic mass is 15.0. The lowest BCUT2D eigenvalue weighted by Gasteiger charge is -2.11. The predicted octanol–water partition coefficient (Wildman–Crippen LogP) is 2.40. The molecule has 1 aromatic rings. The van der Waals surface area contributed by atoms with Crippen molar-refractivity contribution >= 4 is 0 Å². The molecule has 1 heterocycles. The minimum atomic E-state index is 0.724. The number of nitrogens with one attached hydrogen (secondary N) is 1. The van der Waals surface area contributed by atoms with Crippen LogP contribution in [0.2, 0.25) is 0 Å². The SMILES string of the molecule is CC(C)Cn1cccc1CNC1CC1. The van der Waals surface area contributed by atoms with Crippen molar-refractivity contribution < 1.29 is 0 Å². The highest BCUT2D eigenvalue weighted by molar-refractivity contribution is 5.07. The van der Waals surface area contributed by atoms with Gasteiger partial charge >= 0.3 is 0 Å². The van der Waals surface area contributed by atoms with Gasteiger partial charge in [-0.25, -0.2) is 0 Å². The van der Waals surface area contributed by atoms with Crippen molar-refractivity contribution in [2.75, 3.05) is 0 Å². The van der Waals surface area contributed by atoms with Crippen LogP contribution in [0, 0.1) is 5.92 Å². The third-order valence-electron chi connectivity index (χ3n) is 2.63. The maximum absolute atomic E-state index is 3.55. The van der Waals surface area contributed by atoms with E-state index in [4.69, 9.17) is 0 Å². The van der Waals surface area contributed by atoms with E-state index in [0.717, 1.165) is 25.0 Å². The van der Waals surface area contributed by atoms with Crippen molar-refractivity contribution in [1.82, 2.24) is 9.88 Å². The summed E-state index contributed by atoms with van der Waals surface area (Å²) in [7, 11) is 0. The molecule has 1 aromatic heterocycles. The van der Waals surface area contributed by atoms with Crippen LogP contribution in [-0.2, 0) is 13.1 Å². The van der Waals surface area contributed by atoms with E-state index in [0.29, 0.717) is 0 Å². The van der Waals surface area contributed by atoms with Gasteiger partial charge in [-0.2, -0.15) is 0 Å². The number of aromatic nitrogens is 1. The van der Waals surface area contributed by atoms with E-state index in [1.807, 2.05) is 0 Å². The van der Waals surface area contributed by atoms with E-state index < -0.39 is 0 Å². The van der Waals surface area contributed by atoms with E-state index >= 15 is 0 Å². The maximum atomic E-state index is 3.55. The summed E-state index contributed by atoms with van der Waals surface area (Å²) in [4.78, 5) is 0. The average molecular weight is 192 g/mol. The van der Waals surface area contributed by atoms with Crippen molar-refractivity contribution in [3.8, 4) is 0 Å². The summed E-state index contributed by atoms with van der Waals surface area (Å²) in [5.74, 6) is 0.724. The Bertz CT molecular complexity index is 284. The molecule has 1 aliphatic rings. The summed E-state index contributed by atoms with van der Waals surface area (Å²) in [6, 6.07) is 5.17. The Labute approximate surface area is 86.3 Å². The third-order valence-corrected chi connectivity index (χ3v) is 2.63. The van der Waals surface area contributed by atoms with Gasteiger partial charge in [0.05, 0.1) is 0 Å². The fourth-order valence-electron chi connectivity index (χ4n) is 1.72. The maximum Gasteiger partial charge on any atom is 0.0361 e. The molecule has 0 aromatic carbocycles. The summed E-state index contributed by atoms with van der Waals surface area (Å²) >= 11 is 0. The van der Waals surface area contributed by atoms with E-state index in [9.17, 15) is 0 Å². The first-order valence-electron chi connectivity index (χ1n) is 5.63. The molecule has 0 atom stereocenters. The molecule has 1 fully saturated rings. The van der Waals surface area contributed by atoms with Crippen LogP contribution < -0.4 is 5.32 Å². The van der Waals surface area contributed by atoms with Crippen molar-refractivity contribution in [2.24, 2.45) is 5.92 Å². The topological polar surface area (TPSA) is 17.0 Å². The van der Waals surface area contributed by atoms with Gasteiger partial charge in [0.15, 0.2) is 0 Å².